The minimum Gasteiger partial charge on any atom is -0.351 e. The van der Waals surface area contributed by atoms with Gasteiger partial charge < -0.3 is 10.6 Å². The van der Waals surface area contributed by atoms with Crippen LogP contribution in [0.3, 0.4) is 0 Å². The Balaban J connectivity index is 2.74. The van der Waals surface area contributed by atoms with Crippen LogP contribution in [0.25, 0.3) is 0 Å². The molecule has 114 valence electrons. The average Bonchev–Trinajstić information content (AvgIpc) is 2.40. The van der Waals surface area contributed by atoms with Crippen molar-refractivity contribution in [3.63, 3.8) is 0 Å². The van der Waals surface area contributed by atoms with E-state index in [1.165, 1.54) is 5.57 Å². The Hall–Kier alpha value is -1.32. The summed E-state index contributed by atoms with van der Waals surface area (Å²) in [4.78, 5) is 23.2. The monoisotopic (exact) mass is 280 g/mol. The maximum atomic E-state index is 11.6. The zero-order chi connectivity index (χ0) is 15.3. The van der Waals surface area contributed by atoms with E-state index in [0.717, 1.165) is 12.8 Å². The van der Waals surface area contributed by atoms with Gasteiger partial charge in [0.1, 0.15) is 0 Å². The number of amides is 2. The van der Waals surface area contributed by atoms with Gasteiger partial charge in [0.15, 0.2) is 0 Å². The fourth-order valence-corrected chi connectivity index (χ4v) is 2.65. The van der Waals surface area contributed by atoms with E-state index in [2.05, 4.69) is 37.5 Å². The number of carbonyl (C=O) groups is 2. The first-order chi connectivity index (χ1) is 9.30. The first-order valence-electron chi connectivity index (χ1n) is 7.57. The van der Waals surface area contributed by atoms with E-state index in [0.29, 0.717) is 18.8 Å². The number of hydrogen-bond donors (Lipinski definition) is 2. The van der Waals surface area contributed by atoms with E-state index in [1.807, 2.05) is 13.8 Å². The number of allylic oxidation sites excluding steroid dienone is 1. The lowest BCUT2D eigenvalue weighted by Gasteiger charge is -2.40. The smallest absolute Gasteiger partial charge is 0.220 e. The van der Waals surface area contributed by atoms with Gasteiger partial charge in [0.2, 0.25) is 11.8 Å². The maximum Gasteiger partial charge on any atom is 0.220 e. The summed E-state index contributed by atoms with van der Waals surface area (Å²) < 4.78 is 0. The zero-order valence-corrected chi connectivity index (χ0v) is 13.4. The van der Waals surface area contributed by atoms with Crippen LogP contribution in [0, 0.1) is 5.92 Å². The highest BCUT2D eigenvalue weighted by Crippen LogP contribution is 2.32. The van der Waals surface area contributed by atoms with Gasteiger partial charge in [-0.05, 0) is 39.5 Å². The third-order valence-electron chi connectivity index (χ3n) is 4.25. The lowest BCUT2D eigenvalue weighted by Crippen LogP contribution is -2.52. The van der Waals surface area contributed by atoms with Crippen molar-refractivity contribution >= 4 is 11.8 Å². The fourth-order valence-electron chi connectivity index (χ4n) is 2.65. The van der Waals surface area contributed by atoms with Crippen molar-refractivity contribution in [3.8, 4) is 0 Å². The summed E-state index contributed by atoms with van der Waals surface area (Å²) in [5.74, 6) is 0.498. The molecule has 4 nitrogen and oxygen atoms in total. The summed E-state index contributed by atoms with van der Waals surface area (Å²) in [6, 6.07) is 0.0963. The molecule has 4 heteroatoms. The second-order valence-corrected chi connectivity index (χ2v) is 6.21. The van der Waals surface area contributed by atoms with E-state index >= 15 is 0 Å². The largest absolute Gasteiger partial charge is 0.351 e. The normalized spacial score (nSPS) is 22.9. The molecule has 1 aliphatic rings. The highest BCUT2D eigenvalue weighted by molar-refractivity contribution is 5.77. The van der Waals surface area contributed by atoms with E-state index < -0.39 is 0 Å². The Labute approximate surface area is 122 Å². The molecular formula is C16H28N2O2. The summed E-state index contributed by atoms with van der Waals surface area (Å²) in [5.41, 5.74) is 0.972. The second-order valence-electron chi connectivity index (χ2n) is 6.21. The number of hydrogen-bond acceptors (Lipinski definition) is 2. The van der Waals surface area contributed by atoms with E-state index in [1.54, 1.807) is 0 Å². The molecule has 0 unspecified atom stereocenters. The molecule has 1 aliphatic carbocycles. The van der Waals surface area contributed by atoms with Gasteiger partial charge in [0, 0.05) is 18.4 Å². The van der Waals surface area contributed by atoms with Gasteiger partial charge in [-0.1, -0.05) is 25.5 Å². The average molecular weight is 280 g/mol. The molecule has 2 amide bonds. The van der Waals surface area contributed by atoms with E-state index in [-0.39, 0.29) is 23.4 Å². The Morgan fingerprint density at radius 3 is 2.40 bits per heavy atom. The van der Waals surface area contributed by atoms with Crippen LogP contribution >= 0.6 is 0 Å². The van der Waals surface area contributed by atoms with Crippen molar-refractivity contribution in [2.45, 2.75) is 71.9 Å². The minimum absolute atomic E-state index is 0.0791. The van der Waals surface area contributed by atoms with Crippen molar-refractivity contribution in [1.29, 1.82) is 0 Å². The summed E-state index contributed by atoms with van der Waals surface area (Å²) >= 11 is 0. The molecule has 0 aromatic rings. The van der Waals surface area contributed by atoms with Gasteiger partial charge in [0.25, 0.3) is 0 Å². The van der Waals surface area contributed by atoms with E-state index in [4.69, 9.17) is 0 Å². The predicted octanol–water partition coefficient (Wildman–Crippen LogP) is 2.54. The molecule has 0 spiro atoms. The highest BCUT2D eigenvalue weighted by atomic mass is 16.2. The lowest BCUT2D eigenvalue weighted by molar-refractivity contribution is -0.124. The SMILES string of the molecule is CCC(=O)N[C@@H]1C[C@H](C(C)(C)NC(=O)CC)CC=C1C. The summed E-state index contributed by atoms with van der Waals surface area (Å²) in [5, 5.41) is 6.17. The molecule has 1 rings (SSSR count). The van der Waals surface area contributed by atoms with Crippen molar-refractivity contribution in [1.82, 2.24) is 10.6 Å². The summed E-state index contributed by atoms with van der Waals surface area (Å²) in [6.45, 7) is 9.92. The number of carbonyl (C=O) groups excluding carboxylic acids is 2. The van der Waals surface area contributed by atoms with Gasteiger partial charge in [-0.2, -0.15) is 0 Å². The molecule has 2 N–H and O–H groups in total. The molecule has 0 aromatic carbocycles. The van der Waals surface area contributed by atoms with Gasteiger partial charge >= 0.3 is 0 Å². The van der Waals surface area contributed by atoms with Crippen LogP contribution in [-0.2, 0) is 9.59 Å². The Kier molecular flexibility index (Phi) is 5.78. The van der Waals surface area contributed by atoms with Crippen molar-refractivity contribution in [2.24, 2.45) is 5.92 Å². The second kappa shape index (κ2) is 6.91. The Bertz CT molecular complexity index is 399. The highest BCUT2D eigenvalue weighted by Gasteiger charge is 2.34. The molecule has 0 fully saturated rings. The molecule has 0 aromatic heterocycles. The van der Waals surface area contributed by atoms with Crippen molar-refractivity contribution in [2.75, 3.05) is 0 Å². The van der Waals surface area contributed by atoms with Crippen molar-refractivity contribution in [3.05, 3.63) is 11.6 Å². The number of rotatable bonds is 5. The van der Waals surface area contributed by atoms with E-state index in [9.17, 15) is 9.59 Å². The zero-order valence-electron chi connectivity index (χ0n) is 13.4. The van der Waals surface area contributed by atoms with Crippen LogP contribution < -0.4 is 10.6 Å². The van der Waals surface area contributed by atoms with Crippen LogP contribution in [0.1, 0.15) is 60.3 Å². The number of nitrogens with one attached hydrogen (secondary N) is 2. The summed E-state index contributed by atoms with van der Waals surface area (Å²) in [7, 11) is 0. The van der Waals surface area contributed by atoms with Crippen LogP contribution in [0.5, 0.6) is 0 Å². The third kappa shape index (κ3) is 4.36. The quantitative estimate of drug-likeness (QED) is 0.760. The fraction of sp³-hybridized carbons (Fsp3) is 0.750. The topological polar surface area (TPSA) is 58.2 Å². The third-order valence-corrected chi connectivity index (χ3v) is 4.25. The van der Waals surface area contributed by atoms with Crippen LogP contribution in [-0.4, -0.2) is 23.4 Å². The van der Waals surface area contributed by atoms with Gasteiger partial charge in [0.05, 0.1) is 6.04 Å². The van der Waals surface area contributed by atoms with Gasteiger partial charge in [-0.15, -0.1) is 0 Å². The van der Waals surface area contributed by atoms with Crippen LogP contribution in [0.15, 0.2) is 11.6 Å². The molecule has 0 radical (unpaired) electrons. The first kappa shape index (κ1) is 16.7. The molecular weight excluding hydrogens is 252 g/mol. The molecule has 0 saturated carbocycles. The molecule has 0 aliphatic heterocycles. The predicted molar refractivity (Wildman–Crippen MR) is 81.2 cm³/mol. The van der Waals surface area contributed by atoms with Gasteiger partial charge in [-0.3, -0.25) is 9.59 Å². The van der Waals surface area contributed by atoms with Crippen LogP contribution in [0.4, 0.5) is 0 Å². The summed E-state index contributed by atoms with van der Waals surface area (Å²) in [6.07, 6.45) is 5.02. The maximum absolute atomic E-state index is 11.6. The molecule has 0 saturated heterocycles. The lowest BCUT2D eigenvalue weighted by atomic mass is 9.75. The Morgan fingerprint density at radius 2 is 1.85 bits per heavy atom. The molecule has 20 heavy (non-hydrogen) atoms. The first-order valence-corrected chi connectivity index (χ1v) is 7.57. The van der Waals surface area contributed by atoms with Crippen molar-refractivity contribution < 1.29 is 9.59 Å². The molecule has 2 atom stereocenters. The Morgan fingerprint density at radius 1 is 1.25 bits per heavy atom. The van der Waals surface area contributed by atoms with Gasteiger partial charge in [-0.25, -0.2) is 0 Å². The molecule has 0 heterocycles. The minimum atomic E-state index is -0.251. The van der Waals surface area contributed by atoms with Crippen LogP contribution in [0.2, 0.25) is 0 Å². The molecule has 0 bridgehead atoms. The standard InChI is InChI=1S/C16H28N2O2/c1-6-14(19)17-13-10-12(9-8-11(13)3)16(4,5)18-15(20)7-2/h8,12-13H,6-7,9-10H2,1-5H3,(H,17,19)(H,18,20)/t12-,13-/m1/s1.